The van der Waals surface area contributed by atoms with E-state index in [-0.39, 0.29) is 0 Å². The summed E-state index contributed by atoms with van der Waals surface area (Å²) < 4.78 is 0. The van der Waals surface area contributed by atoms with Gasteiger partial charge in [0.2, 0.25) is 0 Å². The molecule has 0 amide bonds. The molecule has 2 aliphatic rings. The Balaban J connectivity index is 1.50. The summed E-state index contributed by atoms with van der Waals surface area (Å²) in [5.74, 6) is 2.42. The molecule has 2 aromatic rings. The van der Waals surface area contributed by atoms with E-state index >= 15 is 0 Å². The van der Waals surface area contributed by atoms with Crippen molar-refractivity contribution in [1.29, 1.82) is 0 Å². The Morgan fingerprint density at radius 2 is 1.52 bits per heavy atom. The molecule has 108 valence electrons. The molecule has 1 aromatic heterocycles. The van der Waals surface area contributed by atoms with Crippen molar-refractivity contribution in [3.05, 3.63) is 42.7 Å². The fourth-order valence-corrected chi connectivity index (χ4v) is 3.66. The maximum atomic E-state index is 4.54. The summed E-state index contributed by atoms with van der Waals surface area (Å²) >= 11 is 0. The van der Waals surface area contributed by atoms with Gasteiger partial charge in [-0.15, -0.1) is 0 Å². The van der Waals surface area contributed by atoms with Gasteiger partial charge in [0.15, 0.2) is 5.82 Å². The first-order chi connectivity index (χ1) is 10.3. The zero-order valence-electron chi connectivity index (χ0n) is 12.3. The van der Waals surface area contributed by atoms with E-state index in [0.29, 0.717) is 0 Å². The van der Waals surface area contributed by atoms with Crippen LogP contribution in [0.25, 0.3) is 11.4 Å². The first-order valence-corrected chi connectivity index (χ1v) is 7.60. The highest BCUT2D eigenvalue weighted by Gasteiger charge is 2.38. The molecular weight excluding hydrogens is 260 g/mol. The summed E-state index contributed by atoms with van der Waals surface area (Å²) in [7, 11) is 2.22. The molecule has 2 atom stereocenters. The van der Waals surface area contributed by atoms with Crippen molar-refractivity contribution < 1.29 is 0 Å². The highest BCUT2D eigenvalue weighted by molar-refractivity contribution is 5.56. The van der Waals surface area contributed by atoms with Crippen molar-refractivity contribution in [2.24, 2.45) is 11.8 Å². The molecule has 3 heterocycles. The topological polar surface area (TPSA) is 32.3 Å². The van der Waals surface area contributed by atoms with Gasteiger partial charge in [0.1, 0.15) is 0 Å². The van der Waals surface area contributed by atoms with Crippen LogP contribution in [-0.2, 0) is 0 Å². The van der Waals surface area contributed by atoms with Gasteiger partial charge in [0.25, 0.3) is 0 Å². The van der Waals surface area contributed by atoms with Crippen LogP contribution in [0.2, 0.25) is 0 Å². The SMILES string of the molecule is CN1CC2CN(c3cnc(-c4ccccc4)nc3)CC2C1. The third-order valence-corrected chi connectivity index (χ3v) is 4.70. The molecule has 2 unspecified atom stereocenters. The molecule has 2 saturated heterocycles. The number of fused-ring (bicyclic) bond motifs is 1. The molecule has 0 radical (unpaired) electrons. The molecule has 1 aromatic carbocycles. The van der Waals surface area contributed by atoms with Crippen LogP contribution in [0, 0.1) is 11.8 Å². The fraction of sp³-hybridized carbons (Fsp3) is 0.412. The molecule has 0 aliphatic carbocycles. The molecule has 2 aliphatic heterocycles. The number of nitrogens with zero attached hydrogens (tertiary/aromatic N) is 4. The number of anilines is 1. The van der Waals surface area contributed by atoms with Crippen LogP contribution in [0.15, 0.2) is 42.7 Å². The predicted molar refractivity (Wildman–Crippen MR) is 84.2 cm³/mol. The molecule has 4 nitrogen and oxygen atoms in total. The molecule has 4 rings (SSSR count). The highest BCUT2D eigenvalue weighted by atomic mass is 15.2. The van der Waals surface area contributed by atoms with Gasteiger partial charge in [-0.05, 0) is 18.9 Å². The average molecular weight is 280 g/mol. The van der Waals surface area contributed by atoms with Gasteiger partial charge in [-0.25, -0.2) is 9.97 Å². The van der Waals surface area contributed by atoms with Gasteiger partial charge < -0.3 is 9.80 Å². The number of hydrogen-bond donors (Lipinski definition) is 0. The van der Waals surface area contributed by atoms with Crippen LogP contribution < -0.4 is 4.90 Å². The van der Waals surface area contributed by atoms with Crippen molar-refractivity contribution in [2.75, 3.05) is 38.1 Å². The van der Waals surface area contributed by atoms with Gasteiger partial charge in [0.05, 0.1) is 18.1 Å². The van der Waals surface area contributed by atoms with Gasteiger partial charge in [-0.2, -0.15) is 0 Å². The Bertz CT molecular complexity index is 596. The zero-order valence-corrected chi connectivity index (χ0v) is 12.3. The first kappa shape index (κ1) is 12.8. The molecular formula is C17H20N4. The average Bonchev–Trinajstić information content (AvgIpc) is 3.06. The highest BCUT2D eigenvalue weighted by Crippen LogP contribution is 2.32. The summed E-state index contributed by atoms with van der Waals surface area (Å²) in [6.45, 7) is 4.74. The van der Waals surface area contributed by atoms with E-state index in [1.807, 2.05) is 42.7 Å². The van der Waals surface area contributed by atoms with E-state index in [0.717, 1.165) is 42.0 Å². The molecule has 0 saturated carbocycles. The Morgan fingerprint density at radius 1 is 0.905 bits per heavy atom. The number of likely N-dealkylation sites (tertiary alicyclic amines) is 1. The second-order valence-electron chi connectivity index (χ2n) is 6.28. The third kappa shape index (κ3) is 2.40. The van der Waals surface area contributed by atoms with Gasteiger partial charge >= 0.3 is 0 Å². The molecule has 0 bridgehead atoms. The lowest BCUT2D eigenvalue weighted by Gasteiger charge is -2.20. The zero-order chi connectivity index (χ0) is 14.2. The monoisotopic (exact) mass is 280 g/mol. The largest absolute Gasteiger partial charge is 0.368 e. The van der Waals surface area contributed by atoms with E-state index in [2.05, 4.69) is 26.8 Å². The van der Waals surface area contributed by atoms with Crippen LogP contribution in [0.1, 0.15) is 0 Å². The van der Waals surface area contributed by atoms with Crippen molar-refractivity contribution in [1.82, 2.24) is 14.9 Å². The minimum Gasteiger partial charge on any atom is -0.368 e. The van der Waals surface area contributed by atoms with Crippen molar-refractivity contribution in [2.45, 2.75) is 0 Å². The van der Waals surface area contributed by atoms with Crippen LogP contribution in [0.4, 0.5) is 5.69 Å². The van der Waals surface area contributed by atoms with E-state index < -0.39 is 0 Å². The van der Waals surface area contributed by atoms with E-state index in [9.17, 15) is 0 Å². The van der Waals surface area contributed by atoms with E-state index in [1.54, 1.807) is 0 Å². The number of benzene rings is 1. The Labute approximate surface area is 125 Å². The van der Waals surface area contributed by atoms with Crippen LogP contribution in [-0.4, -0.2) is 48.1 Å². The molecule has 2 fully saturated rings. The van der Waals surface area contributed by atoms with E-state index in [4.69, 9.17) is 0 Å². The van der Waals surface area contributed by atoms with Crippen molar-refractivity contribution in [3.63, 3.8) is 0 Å². The summed E-state index contributed by atoms with van der Waals surface area (Å²) in [6, 6.07) is 10.1. The standard InChI is InChI=1S/C17H20N4/c1-20-9-14-11-21(12-15(14)10-20)16-7-18-17(19-8-16)13-5-3-2-4-6-13/h2-8,14-15H,9-12H2,1H3. The summed E-state index contributed by atoms with van der Waals surface area (Å²) in [5.41, 5.74) is 2.23. The summed E-state index contributed by atoms with van der Waals surface area (Å²) in [5, 5.41) is 0. The smallest absolute Gasteiger partial charge is 0.159 e. The Hall–Kier alpha value is -1.94. The first-order valence-electron chi connectivity index (χ1n) is 7.60. The van der Waals surface area contributed by atoms with Crippen LogP contribution >= 0.6 is 0 Å². The molecule has 21 heavy (non-hydrogen) atoms. The van der Waals surface area contributed by atoms with E-state index in [1.165, 1.54) is 13.1 Å². The summed E-state index contributed by atoms with van der Waals surface area (Å²) in [6.07, 6.45) is 3.94. The van der Waals surface area contributed by atoms with Crippen molar-refractivity contribution >= 4 is 5.69 Å². The van der Waals surface area contributed by atoms with Gasteiger partial charge in [-0.3, -0.25) is 0 Å². The lowest BCUT2D eigenvalue weighted by Crippen LogP contribution is -2.26. The normalized spacial score (nSPS) is 25.3. The Morgan fingerprint density at radius 3 is 2.14 bits per heavy atom. The lowest BCUT2D eigenvalue weighted by atomic mass is 10.0. The Kier molecular flexibility index (Phi) is 3.11. The van der Waals surface area contributed by atoms with Gasteiger partial charge in [0, 0.05) is 31.7 Å². The minimum atomic E-state index is 0.804. The third-order valence-electron chi connectivity index (χ3n) is 4.70. The summed E-state index contributed by atoms with van der Waals surface area (Å²) in [4.78, 5) is 14.0. The minimum absolute atomic E-state index is 0.804. The lowest BCUT2D eigenvalue weighted by molar-refractivity contribution is 0.387. The maximum absolute atomic E-state index is 4.54. The van der Waals surface area contributed by atoms with Crippen LogP contribution in [0.5, 0.6) is 0 Å². The molecule has 0 spiro atoms. The van der Waals surface area contributed by atoms with Crippen molar-refractivity contribution in [3.8, 4) is 11.4 Å². The second-order valence-corrected chi connectivity index (χ2v) is 6.28. The predicted octanol–water partition coefficient (Wildman–Crippen LogP) is 2.14. The number of rotatable bonds is 2. The number of hydrogen-bond acceptors (Lipinski definition) is 4. The second kappa shape index (κ2) is 5.11. The number of aromatic nitrogens is 2. The molecule has 0 N–H and O–H groups in total. The fourth-order valence-electron chi connectivity index (χ4n) is 3.66. The molecule has 4 heteroatoms. The van der Waals surface area contributed by atoms with Gasteiger partial charge in [-0.1, -0.05) is 30.3 Å². The quantitative estimate of drug-likeness (QED) is 0.843. The maximum Gasteiger partial charge on any atom is 0.159 e. The van der Waals surface area contributed by atoms with Crippen LogP contribution in [0.3, 0.4) is 0 Å².